The molecule has 416 valence electrons. The van der Waals surface area contributed by atoms with Crippen LogP contribution in [0.5, 0.6) is 0 Å². The van der Waals surface area contributed by atoms with Crippen LogP contribution >= 0.6 is 0 Å². The number of allylic oxidation sites excluding steroid dienone is 12. The van der Waals surface area contributed by atoms with Crippen molar-refractivity contribution >= 4 is 11.9 Å². The molecule has 2 bridgehead atoms. The number of rotatable bonds is 10. The number of aliphatic hydroxyl groups excluding tert-OH is 9. The Kier molecular flexibility index (Phi) is 28.7. The number of carboxylic acid groups (broad SMARTS) is 1. The Morgan fingerprint density at radius 3 is 1.77 bits per heavy atom. The fourth-order valence-corrected chi connectivity index (χ4v) is 9.33. The normalized spacial score (nSPS) is 41.9. The molecule has 15 N–H and O–H groups in total. The van der Waals surface area contributed by atoms with Gasteiger partial charge >= 0.3 is 11.9 Å². The summed E-state index contributed by atoms with van der Waals surface area (Å²) in [5.41, 5.74) is 11.6. The highest BCUT2D eigenvalue weighted by Crippen LogP contribution is 2.38. The third-order valence-corrected chi connectivity index (χ3v) is 13.7. The molecule has 19 atom stereocenters. The minimum absolute atomic E-state index is 0.145. The van der Waals surface area contributed by atoms with Crippen molar-refractivity contribution in [2.75, 3.05) is 26.2 Å². The first-order valence-electron chi connectivity index (χ1n) is 25.7. The summed E-state index contributed by atoms with van der Waals surface area (Å²) in [4.78, 5) is 27.3. The quantitative estimate of drug-likeness (QED) is 0.134. The maximum Gasteiger partial charge on any atom is 0.311 e. The topological polar surface area (TPSA) is 349 Å². The Morgan fingerprint density at radius 2 is 1.21 bits per heavy atom. The molecule has 20 heteroatoms. The number of nitrogens with two attached hydrogens (primary N) is 2. The van der Waals surface area contributed by atoms with E-state index in [9.17, 15) is 65.8 Å². The summed E-state index contributed by atoms with van der Waals surface area (Å²) in [7, 11) is 0. The van der Waals surface area contributed by atoms with Gasteiger partial charge in [0, 0.05) is 31.1 Å². The second kappa shape index (κ2) is 32.8. The molecule has 3 aliphatic rings. The van der Waals surface area contributed by atoms with Gasteiger partial charge in [-0.1, -0.05) is 98.9 Å². The van der Waals surface area contributed by atoms with Crippen LogP contribution in [-0.4, -0.2) is 197 Å². The fourth-order valence-electron chi connectivity index (χ4n) is 9.33. The number of carboxylic acids is 1. The molecular formula is C53H87N3O17. The number of aliphatic carboxylic acids is 1. The largest absolute Gasteiger partial charge is 0.481 e. The smallest absolute Gasteiger partial charge is 0.311 e. The van der Waals surface area contributed by atoms with E-state index in [0.717, 1.165) is 0 Å². The zero-order chi connectivity index (χ0) is 54.3. The average Bonchev–Trinajstić information content (AvgIpc) is 3.31. The molecule has 2 saturated heterocycles. The number of nitrogens with zero attached hydrogens (tertiary/aromatic N) is 1. The molecule has 0 aromatic rings. The number of fused-ring (bicyclic) bond motifs is 2. The number of ether oxygens (including phenoxy) is 4. The number of hydrogen-bond acceptors (Lipinski definition) is 19. The van der Waals surface area contributed by atoms with Crippen LogP contribution in [0, 0.1) is 17.8 Å². The average molecular weight is 1040 g/mol. The zero-order valence-corrected chi connectivity index (χ0v) is 42.8. The van der Waals surface area contributed by atoms with Crippen molar-refractivity contribution in [2.45, 2.75) is 189 Å². The molecule has 0 aromatic heterocycles. The van der Waals surface area contributed by atoms with Crippen LogP contribution in [-0.2, 0) is 28.5 Å². The molecule has 0 aliphatic carbocycles. The van der Waals surface area contributed by atoms with E-state index in [1.54, 1.807) is 75.5 Å². The van der Waals surface area contributed by atoms with Gasteiger partial charge in [0.1, 0.15) is 18.1 Å². The third-order valence-electron chi connectivity index (χ3n) is 13.7. The predicted molar refractivity (Wildman–Crippen MR) is 272 cm³/mol. The van der Waals surface area contributed by atoms with Gasteiger partial charge in [0.15, 0.2) is 12.1 Å². The van der Waals surface area contributed by atoms with Crippen molar-refractivity contribution in [2.24, 2.45) is 29.2 Å². The maximum atomic E-state index is 12.7. The molecule has 3 heterocycles. The molecule has 73 heavy (non-hydrogen) atoms. The lowest BCUT2D eigenvalue weighted by Crippen LogP contribution is -2.64. The molecule has 0 saturated carbocycles. The van der Waals surface area contributed by atoms with Gasteiger partial charge in [0.25, 0.3) is 0 Å². The Balaban J connectivity index is 1.94. The highest BCUT2D eigenvalue weighted by atomic mass is 16.7. The van der Waals surface area contributed by atoms with E-state index in [2.05, 4.69) is 0 Å². The van der Waals surface area contributed by atoms with Crippen LogP contribution < -0.4 is 11.5 Å². The number of aliphatic hydroxyl groups is 10. The van der Waals surface area contributed by atoms with Gasteiger partial charge < -0.3 is 86.6 Å². The predicted octanol–water partition coefficient (Wildman–Crippen LogP) is 0.753. The Hall–Kier alpha value is -3.52. The molecule has 0 amide bonds. The van der Waals surface area contributed by atoms with Crippen molar-refractivity contribution in [3.8, 4) is 0 Å². The number of carbonyl (C=O) groups excluding carboxylic acids is 1. The van der Waals surface area contributed by atoms with Crippen molar-refractivity contribution in [3.63, 3.8) is 0 Å². The van der Waals surface area contributed by atoms with Gasteiger partial charge in [-0.15, -0.1) is 0 Å². The Morgan fingerprint density at radius 1 is 0.671 bits per heavy atom. The molecular weight excluding hydrogens is 951 g/mol. The fraction of sp³-hybridized carbons (Fsp3) is 0.698. The molecule has 2 fully saturated rings. The van der Waals surface area contributed by atoms with Gasteiger partial charge in [-0.2, -0.15) is 0 Å². The van der Waals surface area contributed by atoms with Crippen molar-refractivity contribution in [3.05, 3.63) is 85.1 Å². The standard InChI is InChI=1S/C53H87N3O17/c1-33-19-15-13-11-9-7-5-6-8-10-12-14-16-20-40(72-52-50(66)47(49(65)36(4)71-52)56(25-17-23-54)26-18-24-55)30-44-46(51(67)68)43(62)32-53(69,73-44)31-42(61)41(60)22-21-37(57)27-38(58)28-39(59)29-45(63)70-35(3)34(2)48(33)64/h5-16,19-20,33-44,46-50,52,57-62,64-66,69H,17-18,21-32,54-55H2,1-4H3,(H,67,68)/b6-5+,9-7+,10-8+,13-11+,14-12+,19-15+,20-16+/t33-,34-,35-,36+,37+,38+,39+,40-,41+,42+,43-,44-,46+,47-,48+,49+,50-,52-,53+/m0/s1. The van der Waals surface area contributed by atoms with E-state index >= 15 is 0 Å². The Labute approximate surface area is 430 Å². The molecule has 0 unspecified atom stereocenters. The summed E-state index contributed by atoms with van der Waals surface area (Å²) in [6.07, 6.45) is 4.86. The SMILES string of the molecule is C[C@@H]1[C@H](O)[C@@H](C)/C=C/C=C/C=C/C=C/C=C/C=C/C=C/[C@H](O[C@@H]2O[C@H](C)[C@@H](O)[C@H](N(CCCN)CCCN)[C@@H]2O)C[C@@H]2O[C@](O)(C[C@@H](O)[C@H](O)CC[C@@H](O)C[C@@H](O)C[C@@H](O)CC(=O)O[C@H]1C)C[C@H](O)[C@H]2C(=O)O. The molecule has 3 aliphatic heterocycles. The van der Waals surface area contributed by atoms with Crippen LogP contribution in [0.4, 0.5) is 0 Å². The highest BCUT2D eigenvalue weighted by molar-refractivity contribution is 5.71. The van der Waals surface area contributed by atoms with Gasteiger partial charge in [0.2, 0.25) is 0 Å². The van der Waals surface area contributed by atoms with Crippen LogP contribution in [0.2, 0.25) is 0 Å². The molecule has 0 radical (unpaired) electrons. The summed E-state index contributed by atoms with van der Waals surface area (Å²) in [5, 5.41) is 121. The highest BCUT2D eigenvalue weighted by Gasteiger charge is 2.52. The van der Waals surface area contributed by atoms with Crippen LogP contribution in [0.25, 0.3) is 0 Å². The van der Waals surface area contributed by atoms with Crippen LogP contribution in [0.15, 0.2) is 85.1 Å². The van der Waals surface area contributed by atoms with E-state index in [0.29, 0.717) is 39.0 Å². The number of esters is 1. The number of cyclic esters (lactones) is 1. The summed E-state index contributed by atoms with van der Waals surface area (Å²) < 4.78 is 23.9. The van der Waals surface area contributed by atoms with Crippen LogP contribution in [0.1, 0.15) is 91.9 Å². The Bertz CT molecular complexity index is 1820. The first kappa shape index (κ1) is 63.8. The van der Waals surface area contributed by atoms with Crippen molar-refractivity contribution < 1.29 is 84.7 Å². The first-order chi connectivity index (χ1) is 34.6. The van der Waals surface area contributed by atoms with E-state index in [4.69, 9.17) is 30.4 Å². The number of hydrogen-bond donors (Lipinski definition) is 13. The van der Waals surface area contributed by atoms with Gasteiger partial charge in [-0.05, 0) is 78.6 Å². The number of carbonyl (C=O) groups is 2. The lowest BCUT2D eigenvalue weighted by molar-refractivity contribution is -0.313. The maximum absolute atomic E-state index is 12.7. The van der Waals surface area contributed by atoms with Gasteiger partial charge in [-0.3, -0.25) is 14.5 Å². The minimum Gasteiger partial charge on any atom is -0.481 e. The minimum atomic E-state index is -2.38. The van der Waals surface area contributed by atoms with E-state index in [-0.39, 0.29) is 38.0 Å². The zero-order valence-electron chi connectivity index (χ0n) is 42.8. The van der Waals surface area contributed by atoms with Crippen molar-refractivity contribution in [1.29, 1.82) is 0 Å². The van der Waals surface area contributed by atoms with E-state index < -0.39 is 141 Å². The lowest BCUT2D eigenvalue weighted by atomic mass is 9.82. The monoisotopic (exact) mass is 1040 g/mol. The van der Waals surface area contributed by atoms with E-state index in [1.807, 2.05) is 42.2 Å². The van der Waals surface area contributed by atoms with Crippen LogP contribution in [0.3, 0.4) is 0 Å². The second-order valence-electron chi connectivity index (χ2n) is 19.8. The third kappa shape index (κ3) is 21.9. The molecule has 20 nitrogen and oxygen atoms in total. The van der Waals surface area contributed by atoms with Gasteiger partial charge in [0.05, 0.1) is 79.6 Å². The summed E-state index contributed by atoms with van der Waals surface area (Å²) in [5.74, 6) is -6.92. The summed E-state index contributed by atoms with van der Waals surface area (Å²) in [6.45, 7) is 8.43. The molecule has 3 rings (SSSR count). The summed E-state index contributed by atoms with van der Waals surface area (Å²) >= 11 is 0. The molecule has 0 spiro atoms. The van der Waals surface area contributed by atoms with Gasteiger partial charge in [-0.25, -0.2) is 0 Å². The molecule has 0 aromatic carbocycles. The summed E-state index contributed by atoms with van der Waals surface area (Å²) in [6, 6.07) is -0.869. The first-order valence-corrected chi connectivity index (χ1v) is 25.7. The lowest BCUT2D eigenvalue weighted by Gasteiger charge is -2.47. The van der Waals surface area contributed by atoms with Crippen molar-refractivity contribution in [1.82, 2.24) is 4.90 Å². The van der Waals surface area contributed by atoms with E-state index in [1.165, 1.54) is 0 Å². The second-order valence-corrected chi connectivity index (χ2v) is 19.8.